The van der Waals surface area contributed by atoms with Crippen molar-refractivity contribution in [2.45, 2.75) is 26.4 Å². The first-order valence-electron chi connectivity index (χ1n) is 9.00. The van der Waals surface area contributed by atoms with Crippen molar-refractivity contribution in [3.63, 3.8) is 0 Å². The topological polar surface area (TPSA) is 46.6 Å². The van der Waals surface area contributed by atoms with Crippen molar-refractivity contribution in [3.8, 4) is 5.75 Å². The molecule has 1 heterocycles. The van der Waals surface area contributed by atoms with Crippen molar-refractivity contribution in [1.82, 2.24) is 4.90 Å². The fourth-order valence-electron chi connectivity index (χ4n) is 2.71. The second-order valence-electron chi connectivity index (χ2n) is 6.39. The molecule has 1 fully saturated rings. The zero-order valence-corrected chi connectivity index (χ0v) is 19.5. The van der Waals surface area contributed by atoms with Gasteiger partial charge in [-0.2, -0.15) is 0 Å². The second kappa shape index (κ2) is 10.0. The van der Waals surface area contributed by atoms with Gasteiger partial charge in [-0.1, -0.05) is 58.5 Å². The molecule has 0 N–H and O–H groups in total. The smallest absolute Gasteiger partial charge is 0.293 e. The first kappa shape index (κ1) is 22.2. The van der Waals surface area contributed by atoms with E-state index in [-0.39, 0.29) is 17.8 Å². The van der Waals surface area contributed by atoms with E-state index in [9.17, 15) is 9.59 Å². The molecule has 0 bridgehead atoms. The summed E-state index contributed by atoms with van der Waals surface area (Å²) in [6.07, 6.45) is 3.40. The van der Waals surface area contributed by atoms with E-state index in [0.29, 0.717) is 32.8 Å². The highest BCUT2D eigenvalue weighted by molar-refractivity contribution is 9.10. The van der Waals surface area contributed by atoms with Crippen molar-refractivity contribution >= 4 is 68.1 Å². The standard InChI is InChI=1S/C21H18BrCl2NO3S/c1-2-3-8-25-20(26)19(29-21(25)27)10-14-9-15(22)5-7-18(14)28-12-13-4-6-16(23)11-17(13)24/h4-7,9-11H,2-3,8,12H2,1H3/b19-10-. The number of thioether (sulfide) groups is 1. The summed E-state index contributed by atoms with van der Waals surface area (Å²) in [4.78, 5) is 26.5. The summed E-state index contributed by atoms with van der Waals surface area (Å²) in [5.41, 5.74) is 1.50. The molecule has 3 rings (SSSR count). The van der Waals surface area contributed by atoms with Crippen LogP contribution >= 0.6 is 50.9 Å². The van der Waals surface area contributed by atoms with E-state index in [4.69, 9.17) is 27.9 Å². The first-order valence-corrected chi connectivity index (χ1v) is 11.4. The van der Waals surface area contributed by atoms with Gasteiger partial charge in [0.05, 0.1) is 4.91 Å². The van der Waals surface area contributed by atoms with Crippen LogP contribution in [0.4, 0.5) is 4.79 Å². The van der Waals surface area contributed by atoms with E-state index in [1.54, 1.807) is 24.3 Å². The molecule has 0 unspecified atom stereocenters. The summed E-state index contributed by atoms with van der Waals surface area (Å²) in [5.74, 6) is 0.319. The molecule has 0 radical (unpaired) electrons. The number of hydrogen-bond donors (Lipinski definition) is 0. The summed E-state index contributed by atoms with van der Waals surface area (Å²) in [7, 11) is 0. The fourth-order valence-corrected chi connectivity index (χ4v) is 4.41. The van der Waals surface area contributed by atoms with E-state index in [2.05, 4.69) is 15.9 Å². The van der Waals surface area contributed by atoms with E-state index in [1.165, 1.54) is 4.90 Å². The molecule has 0 saturated carbocycles. The largest absolute Gasteiger partial charge is 0.488 e. The van der Waals surface area contributed by atoms with Crippen LogP contribution in [0.25, 0.3) is 6.08 Å². The van der Waals surface area contributed by atoms with Gasteiger partial charge in [0.1, 0.15) is 12.4 Å². The summed E-state index contributed by atoms with van der Waals surface area (Å²) < 4.78 is 6.79. The molecule has 0 spiro atoms. The minimum Gasteiger partial charge on any atom is -0.488 e. The summed E-state index contributed by atoms with van der Waals surface area (Å²) in [5, 5.41) is 0.843. The number of carbonyl (C=O) groups is 2. The lowest BCUT2D eigenvalue weighted by Crippen LogP contribution is -2.29. The quantitative estimate of drug-likeness (QED) is 0.367. The number of halogens is 3. The van der Waals surface area contributed by atoms with Crippen molar-refractivity contribution < 1.29 is 14.3 Å². The van der Waals surface area contributed by atoms with Crippen LogP contribution in [-0.4, -0.2) is 22.6 Å². The molecule has 2 aromatic carbocycles. The molecule has 152 valence electrons. The van der Waals surface area contributed by atoms with Gasteiger partial charge in [0.25, 0.3) is 11.1 Å². The third kappa shape index (κ3) is 5.57. The lowest BCUT2D eigenvalue weighted by molar-refractivity contribution is -0.122. The fraction of sp³-hybridized carbons (Fsp3) is 0.238. The number of unbranched alkanes of at least 4 members (excludes halogenated alkanes) is 1. The van der Waals surface area contributed by atoms with Gasteiger partial charge in [-0.05, 0) is 54.6 Å². The van der Waals surface area contributed by atoms with Gasteiger partial charge in [-0.15, -0.1) is 0 Å². The molecule has 2 aromatic rings. The van der Waals surface area contributed by atoms with Gasteiger partial charge in [-0.3, -0.25) is 14.5 Å². The molecular formula is C21H18BrCl2NO3S. The van der Waals surface area contributed by atoms with Crippen LogP contribution in [0.15, 0.2) is 45.8 Å². The molecule has 29 heavy (non-hydrogen) atoms. The molecule has 1 saturated heterocycles. The number of benzene rings is 2. The van der Waals surface area contributed by atoms with Crippen molar-refractivity contribution in [1.29, 1.82) is 0 Å². The van der Waals surface area contributed by atoms with Crippen LogP contribution in [0.5, 0.6) is 5.75 Å². The summed E-state index contributed by atoms with van der Waals surface area (Å²) in [6, 6.07) is 10.7. The maximum Gasteiger partial charge on any atom is 0.293 e. The molecule has 0 aliphatic carbocycles. The maximum absolute atomic E-state index is 12.6. The maximum atomic E-state index is 12.6. The Balaban J connectivity index is 1.83. The predicted molar refractivity (Wildman–Crippen MR) is 123 cm³/mol. The van der Waals surface area contributed by atoms with Crippen molar-refractivity contribution in [3.05, 3.63) is 66.9 Å². The highest BCUT2D eigenvalue weighted by Gasteiger charge is 2.34. The van der Waals surface area contributed by atoms with Crippen LogP contribution in [0, 0.1) is 0 Å². The number of hydrogen-bond acceptors (Lipinski definition) is 4. The minimum atomic E-state index is -0.264. The number of ether oxygens (including phenoxy) is 1. The van der Waals surface area contributed by atoms with Gasteiger partial charge in [-0.25, -0.2) is 0 Å². The zero-order valence-electron chi connectivity index (χ0n) is 15.6. The molecule has 0 aromatic heterocycles. The average Bonchev–Trinajstić information content (AvgIpc) is 2.93. The van der Waals surface area contributed by atoms with Gasteiger partial charge in [0.2, 0.25) is 0 Å². The summed E-state index contributed by atoms with van der Waals surface area (Å²) in [6.45, 7) is 2.71. The van der Waals surface area contributed by atoms with E-state index < -0.39 is 0 Å². The van der Waals surface area contributed by atoms with Crippen LogP contribution < -0.4 is 4.74 Å². The Bertz CT molecular complexity index is 980. The highest BCUT2D eigenvalue weighted by atomic mass is 79.9. The van der Waals surface area contributed by atoms with Crippen LogP contribution in [0.3, 0.4) is 0 Å². The number of rotatable bonds is 7. The minimum absolute atomic E-state index is 0.236. The monoisotopic (exact) mass is 513 g/mol. The van der Waals surface area contributed by atoms with Crippen LogP contribution in [-0.2, 0) is 11.4 Å². The van der Waals surface area contributed by atoms with E-state index in [0.717, 1.165) is 34.6 Å². The molecule has 1 aliphatic heterocycles. The van der Waals surface area contributed by atoms with Gasteiger partial charge >= 0.3 is 0 Å². The number of imide groups is 1. The van der Waals surface area contributed by atoms with Crippen LogP contribution in [0.2, 0.25) is 10.0 Å². The lowest BCUT2D eigenvalue weighted by Gasteiger charge is -2.12. The van der Waals surface area contributed by atoms with Gasteiger partial charge in [0, 0.05) is 32.2 Å². The molecule has 1 aliphatic rings. The zero-order chi connectivity index (χ0) is 21.0. The van der Waals surface area contributed by atoms with Crippen molar-refractivity contribution in [2.24, 2.45) is 0 Å². The van der Waals surface area contributed by atoms with Gasteiger partial charge < -0.3 is 4.74 Å². The Kier molecular flexibility index (Phi) is 7.68. The third-order valence-corrected chi connectivity index (χ3v) is 6.25. The summed E-state index contributed by atoms with van der Waals surface area (Å²) >= 11 is 16.5. The number of carbonyl (C=O) groups excluding carboxylic acids is 2. The van der Waals surface area contributed by atoms with E-state index >= 15 is 0 Å². The lowest BCUT2D eigenvalue weighted by atomic mass is 10.1. The first-order chi connectivity index (χ1) is 13.9. The highest BCUT2D eigenvalue weighted by Crippen LogP contribution is 2.35. The normalized spacial score (nSPS) is 15.4. The van der Waals surface area contributed by atoms with Crippen LogP contribution in [0.1, 0.15) is 30.9 Å². The predicted octanol–water partition coefficient (Wildman–Crippen LogP) is 7.17. The molecule has 4 nitrogen and oxygen atoms in total. The van der Waals surface area contributed by atoms with Crippen molar-refractivity contribution in [2.75, 3.05) is 6.54 Å². The Morgan fingerprint density at radius 3 is 2.69 bits per heavy atom. The number of amides is 2. The Morgan fingerprint density at radius 2 is 1.97 bits per heavy atom. The number of nitrogens with zero attached hydrogens (tertiary/aromatic N) is 1. The second-order valence-corrected chi connectivity index (χ2v) is 9.15. The molecular weight excluding hydrogens is 497 g/mol. The SMILES string of the molecule is CCCCN1C(=O)S/C(=C\c2cc(Br)ccc2OCc2ccc(Cl)cc2Cl)C1=O. The molecule has 8 heteroatoms. The Labute approximate surface area is 192 Å². The average molecular weight is 515 g/mol. The Hall–Kier alpha value is -1.47. The Morgan fingerprint density at radius 1 is 1.17 bits per heavy atom. The molecule has 2 amide bonds. The van der Waals surface area contributed by atoms with Gasteiger partial charge in [0.15, 0.2) is 0 Å². The third-order valence-electron chi connectivity index (χ3n) is 4.27. The molecule has 0 atom stereocenters. The van der Waals surface area contributed by atoms with E-state index in [1.807, 2.05) is 25.1 Å².